The maximum Gasteiger partial charge on any atom is 0.269 e. The molecule has 0 saturated heterocycles. The standard InChI is InChI=1S/C8H7F2N3O/c1-14-7-5(2-11)13-3-4(12)6(7)8(9)10/h3,8H,12H2,1H3. The molecular weight excluding hydrogens is 192 g/mol. The smallest absolute Gasteiger partial charge is 0.269 e. The third-order valence-electron chi connectivity index (χ3n) is 1.63. The van der Waals surface area contributed by atoms with Gasteiger partial charge >= 0.3 is 0 Å². The molecule has 0 aliphatic rings. The third-order valence-corrected chi connectivity index (χ3v) is 1.63. The first-order valence-electron chi connectivity index (χ1n) is 3.62. The van der Waals surface area contributed by atoms with Gasteiger partial charge in [0.1, 0.15) is 6.07 Å². The normalized spacial score (nSPS) is 9.93. The molecular formula is C8H7F2N3O. The Morgan fingerprint density at radius 1 is 1.64 bits per heavy atom. The highest BCUT2D eigenvalue weighted by Crippen LogP contribution is 2.34. The minimum Gasteiger partial charge on any atom is -0.493 e. The lowest BCUT2D eigenvalue weighted by atomic mass is 10.2. The number of pyridine rings is 1. The van der Waals surface area contributed by atoms with Crippen LogP contribution in [0.2, 0.25) is 0 Å². The number of nitrogens with two attached hydrogens (primary N) is 1. The van der Waals surface area contributed by atoms with Gasteiger partial charge in [-0.1, -0.05) is 0 Å². The number of hydrogen-bond acceptors (Lipinski definition) is 4. The Kier molecular flexibility index (Phi) is 2.82. The van der Waals surface area contributed by atoms with E-state index in [-0.39, 0.29) is 17.1 Å². The lowest BCUT2D eigenvalue weighted by molar-refractivity contribution is 0.147. The van der Waals surface area contributed by atoms with Gasteiger partial charge in [-0.3, -0.25) is 0 Å². The number of ether oxygens (including phenoxy) is 1. The Hall–Kier alpha value is -1.90. The topological polar surface area (TPSA) is 71.9 Å². The van der Waals surface area contributed by atoms with Gasteiger partial charge in [-0.05, 0) is 0 Å². The lowest BCUT2D eigenvalue weighted by Gasteiger charge is -2.10. The molecule has 0 bridgehead atoms. The molecule has 0 saturated carbocycles. The summed E-state index contributed by atoms with van der Waals surface area (Å²) in [5.41, 5.74) is 4.42. The summed E-state index contributed by atoms with van der Waals surface area (Å²) < 4.78 is 29.7. The summed E-state index contributed by atoms with van der Waals surface area (Å²) in [6, 6.07) is 1.64. The number of nitrogen functional groups attached to an aromatic ring is 1. The Morgan fingerprint density at radius 3 is 2.71 bits per heavy atom. The molecule has 14 heavy (non-hydrogen) atoms. The highest BCUT2D eigenvalue weighted by molar-refractivity contribution is 5.57. The predicted molar refractivity (Wildman–Crippen MR) is 44.9 cm³/mol. The van der Waals surface area contributed by atoms with Gasteiger partial charge in [-0.2, -0.15) is 5.26 Å². The summed E-state index contributed by atoms with van der Waals surface area (Å²) in [4.78, 5) is 3.57. The summed E-state index contributed by atoms with van der Waals surface area (Å²) in [5.74, 6) is -0.262. The highest BCUT2D eigenvalue weighted by Gasteiger charge is 2.21. The van der Waals surface area contributed by atoms with Gasteiger partial charge in [0.2, 0.25) is 0 Å². The summed E-state index contributed by atoms with van der Waals surface area (Å²) in [6.45, 7) is 0. The fourth-order valence-electron chi connectivity index (χ4n) is 1.03. The number of anilines is 1. The average molecular weight is 199 g/mol. The van der Waals surface area contributed by atoms with Gasteiger partial charge in [-0.15, -0.1) is 0 Å². The van der Waals surface area contributed by atoms with Crippen molar-refractivity contribution < 1.29 is 13.5 Å². The molecule has 74 valence electrons. The molecule has 0 spiro atoms. The molecule has 4 nitrogen and oxygen atoms in total. The van der Waals surface area contributed by atoms with Gasteiger partial charge in [0.05, 0.1) is 24.6 Å². The van der Waals surface area contributed by atoms with Crippen LogP contribution in [0.3, 0.4) is 0 Å². The van der Waals surface area contributed by atoms with Crippen LogP contribution in [0.4, 0.5) is 14.5 Å². The number of hydrogen-bond donors (Lipinski definition) is 1. The minimum absolute atomic E-state index is 0.184. The van der Waals surface area contributed by atoms with Crippen LogP contribution in [-0.4, -0.2) is 12.1 Å². The molecule has 0 aromatic carbocycles. The average Bonchev–Trinajstić information content (AvgIpc) is 2.16. The molecule has 0 radical (unpaired) electrons. The fourth-order valence-corrected chi connectivity index (χ4v) is 1.03. The SMILES string of the molecule is COc1c(C#N)ncc(N)c1C(F)F. The number of aromatic nitrogens is 1. The Labute approximate surface area is 78.9 Å². The fraction of sp³-hybridized carbons (Fsp3) is 0.250. The van der Waals surface area contributed by atoms with Crippen LogP contribution in [0.5, 0.6) is 5.75 Å². The van der Waals surface area contributed by atoms with Crippen LogP contribution < -0.4 is 10.5 Å². The van der Waals surface area contributed by atoms with Crippen LogP contribution in [-0.2, 0) is 0 Å². The molecule has 1 aromatic rings. The molecule has 0 aliphatic carbocycles. The molecule has 1 aromatic heterocycles. The first-order valence-corrected chi connectivity index (χ1v) is 3.62. The number of alkyl halides is 2. The summed E-state index contributed by atoms with van der Waals surface area (Å²) in [6.07, 6.45) is -1.78. The van der Waals surface area contributed by atoms with Crippen molar-refractivity contribution >= 4 is 5.69 Å². The second kappa shape index (κ2) is 3.87. The quantitative estimate of drug-likeness (QED) is 0.782. The van der Waals surface area contributed by atoms with Crippen molar-refractivity contribution in [1.82, 2.24) is 4.98 Å². The maximum atomic E-state index is 12.5. The number of halogens is 2. The first kappa shape index (κ1) is 10.2. The Morgan fingerprint density at radius 2 is 2.29 bits per heavy atom. The Balaban J connectivity index is 3.45. The predicted octanol–water partition coefficient (Wildman–Crippen LogP) is 1.48. The van der Waals surface area contributed by atoms with E-state index in [1.807, 2.05) is 0 Å². The summed E-state index contributed by atoms with van der Waals surface area (Å²) in [7, 11) is 1.18. The van der Waals surface area contributed by atoms with E-state index in [1.165, 1.54) is 7.11 Å². The van der Waals surface area contributed by atoms with Crippen molar-refractivity contribution in [2.24, 2.45) is 0 Å². The van der Waals surface area contributed by atoms with Gasteiger partial charge in [-0.25, -0.2) is 13.8 Å². The summed E-state index contributed by atoms with van der Waals surface area (Å²) >= 11 is 0. The maximum absolute atomic E-state index is 12.5. The molecule has 0 unspecified atom stereocenters. The zero-order valence-electron chi connectivity index (χ0n) is 7.29. The largest absolute Gasteiger partial charge is 0.493 e. The van der Waals surface area contributed by atoms with E-state index in [4.69, 9.17) is 11.0 Å². The number of nitrogens with zero attached hydrogens (tertiary/aromatic N) is 2. The van der Waals surface area contributed by atoms with E-state index < -0.39 is 12.0 Å². The van der Waals surface area contributed by atoms with E-state index in [9.17, 15) is 8.78 Å². The molecule has 0 amide bonds. The molecule has 1 heterocycles. The van der Waals surface area contributed by atoms with E-state index in [1.54, 1.807) is 6.07 Å². The van der Waals surface area contributed by atoms with E-state index in [2.05, 4.69) is 9.72 Å². The number of rotatable bonds is 2. The molecule has 6 heteroatoms. The van der Waals surface area contributed by atoms with Crippen molar-refractivity contribution in [3.63, 3.8) is 0 Å². The summed E-state index contributed by atoms with van der Waals surface area (Å²) in [5, 5.41) is 8.57. The van der Waals surface area contributed by atoms with Crippen molar-refractivity contribution in [1.29, 1.82) is 5.26 Å². The van der Waals surface area contributed by atoms with Gasteiger partial charge in [0.25, 0.3) is 6.43 Å². The van der Waals surface area contributed by atoms with Crippen LogP contribution >= 0.6 is 0 Å². The van der Waals surface area contributed by atoms with Crippen molar-refractivity contribution in [2.45, 2.75) is 6.43 Å². The first-order chi connectivity index (χ1) is 6.61. The van der Waals surface area contributed by atoms with Crippen LogP contribution in [0, 0.1) is 11.3 Å². The van der Waals surface area contributed by atoms with Gasteiger partial charge in [0, 0.05) is 0 Å². The number of nitriles is 1. The molecule has 0 atom stereocenters. The van der Waals surface area contributed by atoms with Crippen molar-refractivity contribution in [2.75, 3.05) is 12.8 Å². The second-order valence-electron chi connectivity index (χ2n) is 2.42. The molecule has 1 rings (SSSR count). The monoisotopic (exact) mass is 199 g/mol. The Bertz CT molecular complexity index is 387. The minimum atomic E-state index is -2.79. The number of methoxy groups -OCH3 is 1. The van der Waals surface area contributed by atoms with Crippen LogP contribution in [0.1, 0.15) is 17.7 Å². The van der Waals surface area contributed by atoms with Crippen molar-refractivity contribution in [3.8, 4) is 11.8 Å². The van der Waals surface area contributed by atoms with E-state index >= 15 is 0 Å². The van der Waals surface area contributed by atoms with Gasteiger partial charge < -0.3 is 10.5 Å². The van der Waals surface area contributed by atoms with Crippen molar-refractivity contribution in [3.05, 3.63) is 17.5 Å². The zero-order valence-corrected chi connectivity index (χ0v) is 7.29. The van der Waals surface area contributed by atoms with E-state index in [0.717, 1.165) is 6.20 Å². The van der Waals surface area contributed by atoms with Gasteiger partial charge in [0.15, 0.2) is 11.4 Å². The third kappa shape index (κ3) is 1.57. The lowest BCUT2D eigenvalue weighted by Crippen LogP contribution is -2.03. The second-order valence-corrected chi connectivity index (χ2v) is 2.42. The molecule has 0 fully saturated rings. The highest BCUT2D eigenvalue weighted by atomic mass is 19.3. The van der Waals surface area contributed by atoms with Crippen LogP contribution in [0.15, 0.2) is 6.20 Å². The van der Waals surface area contributed by atoms with E-state index in [0.29, 0.717) is 0 Å². The zero-order chi connectivity index (χ0) is 10.7. The molecule has 0 aliphatic heterocycles. The van der Waals surface area contributed by atoms with Crippen LogP contribution in [0.25, 0.3) is 0 Å². The molecule has 2 N–H and O–H groups in total.